The highest BCUT2D eigenvalue weighted by atomic mass is 19.4. The molecule has 0 unspecified atom stereocenters. The number of nitrogens with one attached hydrogen (secondary N) is 1. The zero-order valence-electron chi connectivity index (χ0n) is 9.89. The lowest BCUT2D eigenvalue weighted by Gasteiger charge is -2.18. The van der Waals surface area contributed by atoms with E-state index in [4.69, 9.17) is 0 Å². The highest BCUT2D eigenvalue weighted by Gasteiger charge is 2.63. The summed E-state index contributed by atoms with van der Waals surface area (Å²) in [5, 5.41) is 1.55. The first-order chi connectivity index (χ1) is 8.70. The van der Waals surface area contributed by atoms with Crippen molar-refractivity contribution in [3.05, 3.63) is 29.6 Å². The molecule has 0 bridgehead atoms. The van der Waals surface area contributed by atoms with Crippen LogP contribution in [-0.2, 0) is 17.8 Å². The average molecular weight is 282 g/mol. The molecule has 0 atom stereocenters. The fraction of sp³-hybridized carbons (Fsp3) is 0.455. The molecule has 3 nitrogen and oxygen atoms in total. The maximum absolute atomic E-state index is 12.7. The number of rotatable bonds is 4. The van der Waals surface area contributed by atoms with Gasteiger partial charge in [0.15, 0.2) is 0 Å². The Hall–Kier alpha value is -1.73. The van der Waals surface area contributed by atoms with Gasteiger partial charge in [0, 0.05) is 6.20 Å². The second kappa shape index (κ2) is 5.50. The van der Waals surface area contributed by atoms with E-state index in [-0.39, 0.29) is 5.69 Å². The molecule has 0 saturated heterocycles. The predicted molar refractivity (Wildman–Crippen MR) is 56.5 cm³/mol. The lowest BCUT2D eigenvalue weighted by atomic mass is 10.1. The van der Waals surface area contributed by atoms with Crippen LogP contribution in [0.5, 0.6) is 0 Å². The van der Waals surface area contributed by atoms with Crippen molar-refractivity contribution < 1.29 is 26.7 Å². The zero-order chi connectivity index (χ0) is 14.7. The van der Waals surface area contributed by atoms with Crippen LogP contribution in [0.25, 0.3) is 0 Å². The summed E-state index contributed by atoms with van der Waals surface area (Å²) in [5.41, 5.74) is 0.925. The second-order valence-corrected chi connectivity index (χ2v) is 3.72. The molecule has 1 N–H and O–H groups in total. The zero-order valence-corrected chi connectivity index (χ0v) is 9.89. The number of aryl methyl sites for hydroxylation is 1. The van der Waals surface area contributed by atoms with Crippen LogP contribution in [0.3, 0.4) is 0 Å². The highest BCUT2D eigenvalue weighted by Crippen LogP contribution is 2.35. The second-order valence-electron chi connectivity index (χ2n) is 3.72. The van der Waals surface area contributed by atoms with Crippen molar-refractivity contribution in [2.45, 2.75) is 32.0 Å². The monoisotopic (exact) mass is 282 g/mol. The first kappa shape index (κ1) is 15.3. The molecule has 106 valence electrons. The molecule has 1 amide bonds. The van der Waals surface area contributed by atoms with Crippen LogP contribution in [-0.4, -0.2) is 23.0 Å². The third kappa shape index (κ3) is 3.39. The van der Waals surface area contributed by atoms with Gasteiger partial charge in [0.25, 0.3) is 0 Å². The number of pyridine rings is 1. The maximum Gasteiger partial charge on any atom is 0.463 e. The Morgan fingerprint density at radius 2 is 1.95 bits per heavy atom. The van der Waals surface area contributed by atoms with E-state index >= 15 is 0 Å². The molecule has 8 heteroatoms. The fourth-order valence-corrected chi connectivity index (χ4v) is 1.36. The predicted octanol–water partition coefficient (Wildman–Crippen LogP) is 2.46. The van der Waals surface area contributed by atoms with Crippen molar-refractivity contribution >= 4 is 5.91 Å². The minimum absolute atomic E-state index is 0.260. The molecule has 0 radical (unpaired) electrons. The van der Waals surface area contributed by atoms with E-state index in [2.05, 4.69) is 4.98 Å². The van der Waals surface area contributed by atoms with Crippen molar-refractivity contribution in [2.75, 3.05) is 0 Å². The van der Waals surface area contributed by atoms with Gasteiger partial charge in [-0.05, 0) is 18.1 Å². The number of nitrogens with zero attached hydrogens (tertiary/aromatic N) is 1. The molecule has 1 aromatic heterocycles. The van der Waals surface area contributed by atoms with Gasteiger partial charge in [0.2, 0.25) is 0 Å². The van der Waals surface area contributed by atoms with Crippen LogP contribution in [0, 0.1) is 0 Å². The van der Waals surface area contributed by atoms with Crippen LogP contribution < -0.4 is 5.32 Å². The molecule has 0 aliphatic rings. The summed E-state index contributed by atoms with van der Waals surface area (Å²) in [6.07, 6.45) is -4.02. The third-order valence-corrected chi connectivity index (χ3v) is 2.42. The van der Waals surface area contributed by atoms with Gasteiger partial charge in [-0.15, -0.1) is 0 Å². The van der Waals surface area contributed by atoms with Crippen molar-refractivity contribution in [2.24, 2.45) is 0 Å². The summed E-state index contributed by atoms with van der Waals surface area (Å²) in [5.74, 6) is -7.79. The number of carbonyl (C=O) groups excluding carboxylic acids is 1. The molecular formula is C11H11F5N2O. The Labute approximate surface area is 105 Å². The molecule has 0 aromatic carbocycles. The van der Waals surface area contributed by atoms with E-state index in [1.54, 1.807) is 24.4 Å². The molecule has 0 spiro atoms. The van der Waals surface area contributed by atoms with Crippen molar-refractivity contribution in [3.63, 3.8) is 0 Å². The quantitative estimate of drug-likeness (QED) is 0.862. The molecule has 1 heterocycles. The molecule has 1 aromatic rings. The van der Waals surface area contributed by atoms with Crippen LogP contribution in [0.2, 0.25) is 0 Å². The van der Waals surface area contributed by atoms with E-state index in [1.165, 1.54) is 6.20 Å². The van der Waals surface area contributed by atoms with Gasteiger partial charge in [-0.3, -0.25) is 9.78 Å². The average Bonchev–Trinajstić information content (AvgIpc) is 2.34. The van der Waals surface area contributed by atoms with Gasteiger partial charge in [0.1, 0.15) is 0 Å². The molecule has 0 aliphatic carbocycles. The van der Waals surface area contributed by atoms with Gasteiger partial charge in [0.05, 0.1) is 12.2 Å². The van der Waals surface area contributed by atoms with Crippen LogP contribution >= 0.6 is 0 Å². The van der Waals surface area contributed by atoms with E-state index in [0.29, 0.717) is 12.0 Å². The highest BCUT2D eigenvalue weighted by molar-refractivity contribution is 5.84. The Morgan fingerprint density at radius 1 is 1.32 bits per heavy atom. The number of aromatic nitrogens is 1. The van der Waals surface area contributed by atoms with Gasteiger partial charge in [-0.1, -0.05) is 13.0 Å². The maximum atomic E-state index is 12.7. The lowest BCUT2D eigenvalue weighted by Crippen LogP contribution is -2.50. The van der Waals surface area contributed by atoms with Gasteiger partial charge >= 0.3 is 18.0 Å². The number of hydrogen-bond acceptors (Lipinski definition) is 2. The molecule has 19 heavy (non-hydrogen) atoms. The summed E-state index contributed by atoms with van der Waals surface area (Å²) in [6, 6.07) is 3.25. The fourth-order valence-electron chi connectivity index (χ4n) is 1.36. The molecule has 0 saturated carbocycles. The number of carbonyl (C=O) groups is 1. The summed E-state index contributed by atoms with van der Waals surface area (Å²) < 4.78 is 61.1. The van der Waals surface area contributed by atoms with Crippen molar-refractivity contribution in [1.82, 2.24) is 10.3 Å². The summed E-state index contributed by atoms with van der Waals surface area (Å²) in [6.45, 7) is 1.29. The van der Waals surface area contributed by atoms with Gasteiger partial charge in [-0.2, -0.15) is 22.0 Å². The normalized spacial score (nSPS) is 12.3. The SMILES string of the molecule is CCc1cccnc1CNC(=O)C(F)(F)C(F)(F)F. The Kier molecular flexibility index (Phi) is 4.43. The summed E-state index contributed by atoms with van der Waals surface area (Å²) >= 11 is 0. The van der Waals surface area contributed by atoms with Crippen LogP contribution in [0.15, 0.2) is 18.3 Å². The number of alkyl halides is 5. The van der Waals surface area contributed by atoms with Crippen molar-refractivity contribution in [1.29, 1.82) is 0 Å². The van der Waals surface area contributed by atoms with E-state index < -0.39 is 24.6 Å². The summed E-state index contributed by atoms with van der Waals surface area (Å²) in [4.78, 5) is 14.7. The van der Waals surface area contributed by atoms with Crippen LogP contribution in [0.1, 0.15) is 18.2 Å². The standard InChI is InChI=1S/C11H11F5N2O/c1-2-7-4-3-5-17-8(7)6-18-9(19)10(12,13)11(14,15)16/h3-5H,2,6H2,1H3,(H,18,19). The van der Waals surface area contributed by atoms with E-state index in [9.17, 15) is 26.7 Å². The molecular weight excluding hydrogens is 271 g/mol. The first-order valence-corrected chi connectivity index (χ1v) is 5.35. The Morgan fingerprint density at radius 3 is 2.47 bits per heavy atom. The number of halogens is 5. The molecule has 0 aliphatic heterocycles. The van der Waals surface area contributed by atoms with E-state index in [1.807, 2.05) is 0 Å². The Balaban J connectivity index is 2.75. The molecule has 0 fully saturated rings. The van der Waals surface area contributed by atoms with Gasteiger partial charge < -0.3 is 5.32 Å². The topological polar surface area (TPSA) is 42.0 Å². The number of hydrogen-bond donors (Lipinski definition) is 1. The van der Waals surface area contributed by atoms with Gasteiger partial charge in [-0.25, -0.2) is 0 Å². The smallest absolute Gasteiger partial charge is 0.345 e. The minimum Gasteiger partial charge on any atom is -0.345 e. The van der Waals surface area contributed by atoms with Crippen LogP contribution in [0.4, 0.5) is 22.0 Å². The number of amides is 1. The van der Waals surface area contributed by atoms with E-state index in [0.717, 1.165) is 0 Å². The lowest BCUT2D eigenvalue weighted by molar-refractivity contribution is -0.269. The third-order valence-electron chi connectivity index (χ3n) is 2.42. The first-order valence-electron chi connectivity index (χ1n) is 5.35. The largest absolute Gasteiger partial charge is 0.463 e. The summed E-state index contributed by atoms with van der Waals surface area (Å²) in [7, 11) is 0. The minimum atomic E-state index is -5.91. The van der Waals surface area contributed by atoms with Crippen molar-refractivity contribution in [3.8, 4) is 0 Å². The molecule has 1 rings (SSSR count). The Bertz CT molecular complexity index is 459.